The predicted molar refractivity (Wildman–Crippen MR) is 67.3 cm³/mol. The Labute approximate surface area is 102 Å². The quantitative estimate of drug-likeness (QED) is 0.816. The largest absolute Gasteiger partial charge is 0.497 e. The molecule has 1 aliphatic carbocycles. The summed E-state index contributed by atoms with van der Waals surface area (Å²) in [6, 6.07) is 7.31. The maximum absolute atomic E-state index is 12.3. The van der Waals surface area contributed by atoms with Crippen LogP contribution in [0.15, 0.2) is 24.3 Å². The number of carbonyl (C=O) groups is 1. The summed E-state index contributed by atoms with van der Waals surface area (Å²) in [7, 11) is 1.62. The number of ether oxygens (including phenoxy) is 1. The summed E-state index contributed by atoms with van der Waals surface area (Å²) in [5.74, 6) is 0.950. The first-order valence-corrected chi connectivity index (χ1v) is 6.16. The molecule has 1 saturated carbocycles. The van der Waals surface area contributed by atoms with Crippen LogP contribution in [0, 0.1) is 5.92 Å². The lowest BCUT2D eigenvalue weighted by Gasteiger charge is -2.27. The van der Waals surface area contributed by atoms with Crippen molar-refractivity contribution >= 4 is 5.78 Å². The monoisotopic (exact) mass is 233 g/mol. The Kier molecular flexibility index (Phi) is 3.79. The maximum Gasteiger partial charge on any atom is 0.167 e. The first-order valence-electron chi connectivity index (χ1n) is 6.16. The average Bonchev–Trinajstić information content (AvgIpc) is 2.39. The van der Waals surface area contributed by atoms with Crippen LogP contribution < -0.4 is 10.5 Å². The van der Waals surface area contributed by atoms with E-state index < -0.39 is 0 Å². The van der Waals surface area contributed by atoms with Crippen molar-refractivity contribution < 1.29 is 9.53 Å². The summed E-state index contributed by atoms with van der Waals surface area (Å²) < 4.78 is 5.08. The lowest BCUT2D eigenvalue weighted by molar-refractivity contribution is 0.0871. The Morgan fingerprint density at radius 3 is 2.47 bits per heavy atom. The van der Waals surface area contributed by atoms with E-state index in [1.54, 1.807) is 7.11 Å². The highest BCUT2D eigenvalue weighted by Crippen LogP contribution is 2.26. The highest BCUT2D eigenvalue weighted by molar-refractivity contribution is 5.98. The Morgan fingerprint density at radius 1 is 1.24 bits per heavy atom. The van der Waals surface area contributed by atoms with Crippen LogP contribution in [0.3, 0.4) is 0 Å². The van der Waals surface area contributed by atoms with Crippen molar-refractivity contribution in [2.75, 3.05) is 7.11 Å². The number of hydrogen-bond donors (Lipinski definition) is 1. The zero-order valence-corrected chi connectivity index (χ0v) is 10.2. The van der Waals surface area contributed by atoms with Gasteiger partial charge in [-0.3, -0.25) is 4.79 Å². The smallest absolute Gasteiger partial charge is 0.167 e. The van der Waals surface area contributed by atoms with Gasteiger partial charge >= 0.3 is 0 Å². The summed E-state index contributed by atoms with van der Waals surface area (Å²) in [6.07, 6.45) is 4.15. The first-order chi connectivity index (χ1) is 8.22. The molecule has 0 radical (unpaired) electrons. The van der Waals surface area contributed by atoms with Crippen molar-refractivity contribution in [3.63, 3.8) is 0 Å². The van der Waals surface area contributed by atoms with Gasteiger partial charge < -0.3 is 10.5 Å². The molecule has 0 bridgehead atoms. The van der Waals surface area contributed by atoms with Gasteiger partial charge in [0.2, 0.25) is 0 Å². The molecule has 1 aliphatic rings. The van der Waals surface area contributed by atoms with Crippen LogP contribution in [0.1, 0.15) is 36.0 Å². The van der Waals surface area contributed by atoms with E-state index in [9.17, 15) is 4.79 Å². The molecule has 0 aromatic heterocycles. The summed E-state index contributed by atoms with van der Waals surface area (Å²) in [4.78, 5) is 12.3. The predicted octanol–water partition coefficient (Wildman–Crippen LogP) is 2.40. The molecule has 3 heteroatoms. The lowest BCUT2D eigenvalue weighted by Crippen LogP contribution is -2.38. The molecule has 1 aromatic carbocycles. The minimum Gasteiger partial charge on any atom is -0.497 e. The van der Waals surface area contributed by atoms with Crippen LogP contribution in [0.5, 0.6) is 5.75 Å². The van der Waals surface area contributed by atoms with Crippen LogP contribution >= 0.6 is 0 Å². The standard InChI is InChI=1S/C14H19NO2/c1-17-11-8-6-10(7-9-11)14(16)12-4-2-3-5-13(12)15/h6-9,12-13H,2-5,15H2,1H3. The van der Waals surface area contributed by atoms with Gasteiger partial charge in [-0.1, -0.05) is 12.8 Å². The number of hydrogen-bond acceptors (Lipinski definition) is 3. The molecule has 0 spiro atoms. The van der Waals surface area contributed by atoms with Crippen molar-refractivity contribution in [1.82, 2.24) is 0 Å². The SMILES string of the molecule is COc1ccc(C(=O)C2CCCCC2N)cc1. The van der Waals surface area contributed by atoms with Crippen LogP contribution in [-0.4, -0.2) is 18.9 Å². The van der Waals surface area contributed by atoms with Crippen molar-refractivity contribution in [1.29, 1.82) is 0 Å². The van der Waals surface area contributed by atoms with E-state index in [1.807, 2.05) is 24.3 Å². The minimum absolute atomic E-state index is 0.00264. The van der Waals surface area contributed by atoms with Gasteiger partial charge in [0.05, 0.1) is 7.11 Å². The topological polar surface area (TPSA) is 52.3 Å². The van der Waals surface area contributed by atoms with Crippen LogP contribution in [0.2, 0.25) is 0 Å². The molecule has 1 fully saturated rings. The summed E-state index contributed by atoms with van der Waals surface area (Å²) >= 11 is 0. The van der Waals surface area contributed by atoms with E-state index in [-0.39, 0.29) is 17.7 Å². The average molecular weight is 233 g/mol. The molecule has 92 valence electrons. The van der Waals surface area contributed by atoms with E-state index in [1.165, 1.54) is 0 Å². The number of nitrogens with two attached hydrogens (primary N) is 1. The number of carbonyl (C=O) groups excluding carboxylic acids is 1. The number of rotatable bonds is 3. The van der Waals surface area contributed by atoms with Crippen molar-refractivity contribution in [3.05, 3.63) is 29.8 Å². The molecular weight excluding hydrogens is 214 g/mol. The van der Waals surface area contributed by atoms with Gasteiger partial charge in [0.15, 0.2) is 5.78 Å². The van der Waals surface area contributed by atoms with E-state index in [0.717, 1.165) is 37.0 Å². The number of Topliss-reactive ketones (excluding diaryl/α,β-unsaturated/α-hetero) is 1. The van der Waals surface area contributed by atoms with Crippen molar-refractivity contribution in [3.8, 4) is 5.75 Å². The summed E-state index contributed by atoms with van der Waals surface area (Å²) in [5.41, 5.74) is 6.77. The fraction of sp³-hybridized carbons (Fsp3) is 0.500. The normalized spacial score (nSPS) is 24.4. The first kappa shape index (κ1) is 12.1. The molecule has 2 rings (SSSR count). The second kappa shape index (κ2) is 5.32. The van der Waals surface area contributed by atoms with Crippen LogP contribution in [-0.2, 0) is 0 Å². The molecule has 1 aromatic rings. The van der Waals surface area contributed by atoms with Crippen molar-refractivity contribution in [2.24, 2.45) is 11.7 Å². The van der Waals surface area contributed by atoms with Crippen LogP contribution in [0.4, 0.5) is 0 Å². The van der Waals surface area contributed by atoms with E-state index in [2.05, 4.69) is 0 Å². The van der Waals surface area contributed by atoms with Gasteiger partial charge in [0.1, 0.15) is 5.75 Å². The second-order valence-electron chi connectivity index (χ2n) is 4.65. The summed E-state index contributed by atoms with van der Waals surface area (Å²) in [5, 5.41) is 0. The lowest BCUT2D eigenvalue weighted by atomic mass is 9.80. The van der Waals surface area contributed by atoms with E-state index >= 15 is 0 Å². The molecular formula is C14H19NO2. The van der Waals surface area contributed by atoms with Gasteiger partial charge in [-0.2, -0.15) is 0 Å². The Balaban J connectivity index is 2.12. The zero-order valence-electron chi connectivity index (χ0n) is 10.2. The van der Waals surface area contributed by atoms with Crippen LogP contribution in [0.25, 0.3) is 0 Å². The molecule has 2 atom stereocenters. The molecule has 0 saturated heterocycles. The highest BCUT2D eigenvalue weighted by Gasteiger charge is 2.28. The van der Waals surface area contributed by atoms with E-state index in [0.29, 0.717) is 0 Å². The molecule has 0 aliphatic heterocycles. The Bertz CT molecular complexity index is 386. The molecule has 17 heavy (non-hydrogen) atoms. The Hall–Kier alpha value is -1.35. The van der Waals surface area contributed by atoms with Crippen molar-refractivity contribution in [2.45, 2.75) is 31.7 Å². The summed E-state index contributed by atoms with van der Waals surface area (Å²) in [6.45, 7) is 0. The zero-order chi connectivity index (χ0) is 12.3. The number of ketones is 1. The van der Waals surface area contributed by atoms with Gasteiger partial charge in [-0.15, -0.1) is 0 Å². The second-order valence-corrected chi connectivity index (χ2v) is 4.65. The molecule has 2 N–H and O–H groups in total. The number of benzene rings is 1. The Morgan fingerprint density at radius 2 is 1.88 bits per heavy atom. The molecule has 0 amide bonds. The van der Waals surface area contributed by atoms with Gasteiger partial charge in [0, 0.05) is 17.5 Å². The van der Waals surface area contributed by atoms with Gasteiger partial charge in [-0.25, -0.2) is 0 Å². The van der Waals surface area contributed by atoms with Gasteiger partial charge in [0.25, 0.3) is 0 Å². The number of methoxy groups -OCH3 is 1. The highest BCUT2D eigenvalue weighted by atomic mass is 16.5. The fourth-order valence-corrected chi connectivity index (χ4v) is 2.45. The third kappa shape index (κ3) is 2.67. The molecule has 0 heterocycles. The minimum atomic E-state index is -0.00264. The fourth-order valence-electron chi connectivity index (χ4n) is 2.45. The van der Waals surface area contributed by atoms with E-state index in [4.69, 9.17) is 10.5 Å². The maximum atomic E-state index is 12.3. The molecule has 2 unspecified atom stereocenters. The third-order valence-electron chi connectivity index (χ3n) is 3.53. The molecule has 3 nitrogen and oxygen atoms in total. The third-order valence-corrected chi connectivity index (χ3v) is 3.53. The van der Waals surface area contributed by atoms with Gasteiger partial charge in [-0.05, 0) is 37.1 Å².